The Kier molecular flexibility index (Phi) is 12.6. The van der Waals surface area contributed by atoms with Crippen molar-refractivity contribution in [2.75, 3.05) is 9.80 Å². The Morgan fingerprint density at radius 2 is 0.676 bits per heavy atom. The van der Waals surface area contributed by atoms with E-state index in [1.165, 1.54) is 0 Å². The van der Waals surface area contributed by atoms with Crippen LogP contribution >= 0.6 is 0 Å². The molecule has 0 amide bonds. The third-order valence-electron chi connectivity index (χ3n) is 13.7. The van der Waals surface area contributed by atoms with Crippen LogP contribution in [0.4, 0.5) is 51.7 Å². The molecule has 0 aliphatic heterocycles. The Morgan fingerprint density at radius 1 is 0.378 bits per heavy atom. The smallest absolute Gasteiger partial charge is 0.310 e. The van der Waals surface area contributed by atoms with E-state index in [1.807, 2.05) is 98.8 Å². The van der Waals surface area contributed by atoms with E-state index in [4.69, 9.17) is 9.97 Å². The predicted molar refractivity (Wildman–Crippen MR) is 288 cm³/mol. The fourth-order valence-corrected chi connectivity index (χ4v) is 10.0. The Labute approximate surface area is 440 Å². The molecule has 0 spiro atoms. The maximum absolute atomic E-state index is 16.3. The molecule has 74 heavy (non-hydrogen) atoms. The molecule has 12 aromatic rings. The number of hydrogen-bond acceptors (Lipinski definition) is 4. The van der Waals surface area contributed by atoms with Gasteiger partial charge in [0.15, 0.2) is 0 Å². The Morgan fingerprint density at radius 3 is 0.986 bits per heavy atom. The first kappa shape index (κ1) is 47.8. The molecule has 0 fully saturated rings. The van der Waals surface area contributed by atoms with Gasteiger partial charge in [0.2, 0.25) is 0 Å². The minimum atomic E-state index is -1.16. The minimum Gasteiger partial charge on any atom is -0.310 e. The summed E-state index contributed by atoms with van der Waals surface area (Å²) in [6.45, 7) is 3.93. The van der Waals surface area contributed by atoms with Crippen molar-refractivity contribution in [3.05, 3.63) is 265 Å². The number of aromatic nitrogens is 2. The van der Waals surface area contributed by atoms with Crippen LogP contribution in [0.3, 0.4) is 0 Å². The van der Waals surface area contributed by atoms with Crippen LogP contribution in [-0.2, 0) is 26.5 Å². The molecule has 9 heteroatoms. The van der Waals surface area contributed by atoms with Crippen molar-refractivity contribution in [1.29, 1.82) is 0 Å². The number of hydrogen-bond donors (Lipinski definition) is 0. The first-order valence-corrected chi connectivity index (χ1v) is 23.9. The molecule has 0 radical (unpaired) electrons. The van der Waals surface area contributed by atoms with Gasteiger partial charge in [0.1, 0.15) is 0 Å². The first-order chi connectivity index (χ1) is 35.6. The summed E-state index contributed by atoms with van der Waals surface area (Å²) in [5.74, 6) is -3.21. The van der Waals surface area contributed by atoms with Crippen LogP contribution in [0.5, 0.6) is 0 Å². The molecule has 4 nitrogen and oxygen atoms in total. The van der Waals surface area contributed by atoms with Crippen molar-refractivity contribution >= 4 is 77.2 Å². The van der Waals surface area contributed by atoms with Gasteiger partial charge in [-0.2, -0.15) is 0 Å². The monoisotopic (exact) mass is 1150 g/mol. The van der Waals surface area contributed by atoms with Crippen molar-refractivity contribution in [1.82, 2.24) is 9.97 Å². The molecule has 10 aromatic carbocycles. The van der Waals surface area contributed by atoms with Crippen LogP contribution < -0.4 is 9.80 Å². The van der Waals surface area contributed by atoms with Crippen molar-refractivity contribution in [2.24, 2.45) is 0 Å². The second kappa shape index (κ2) is 19.5. The molecular weight excluding hydrogens is 1110 g/mol. The average Bonchev–Trinajstić information content (AvgIpc) is 3.41. The Balaban J connectivity index is 0.00000588. The topological polar surface area (TPSA) is 32.3 Å². The zero-order valence-corrected chi connectivity index (χ0v) is 42.2. The summed E-state index contributed by atoms with van der Waals surface area (Å²) < 4.78 is 61.9. The predicted octanol–water partition coefficient (Wildman–Crippen LogP) is 17.8. The van der Waals surface area contributed by atoms with Gasteiger partial charge in [0.05, 0.1) is 22.7 Å². The fourth-order valence-electron chi connectivity index (χ4n) is 10.0. The van der Waals surface area contributed by atoms with Gasteiger partial charge in [-0.3, -0.25) is 17.6 Å². The molecule has 2 aromatic heterocycles. The summed E-state index contributed by atoms with van der Waals surface area (Å²) >= 11 is 0. The molecule has 0 aliphatic carbocycles. The summed E-state index contributed by atoms with van der Waals surface area (Å²) in [4.78, 5) is 14.8. The van der Waals surface area contributed by atoms with Crippen LogP contribution in [0, 0.1) is 35.4 Å². The van der Waals surface area contributed by atoms with Gasteiger partial charge in [0.25, 0.3) is 0 Å². The largest absolute Gasteiger partial charge is 2.00 e. The molecule has 2 heterocycles. The van der Waals surface area contributed by atoms with Crippen molar-refractivity contribution in [3.63, 3.8) is 0 Å². The van der Waals surface area contributed by atoms with Crippen LogP contribution in [0.25, 0.3) is 65.6 Å². The summed E-state index contributed by atoms with van der Waals surface area (Å²) in [6.07, 6.45) is 0. The van der Waals surface area contributed by atoms with Crippen molar-refractivity contribution in [2.45, 2.75) is 19.3 Å². The van der Waals surface area contributed by atoms with Crippen LogP contribution in [0.1, 0.15) is 25.2 Å². The zero-order chi connectivity index (χ0) is 49.8. The number of rotatable bonds is 10. The molecule has 12 rings (SSSR count). The summed E-state index contributed by atoms with van der Waals surface area (Å²) in [5, 5.41) is 7.92. The number of pyridine rings is 2. The zero-order valence-electron chi connectivity index (χ0n) is 39.9. The van der Waals surface area contributed by atoms with E-state index in [2.05, 4.69) is 119 Å². The molecule has 0 saturated carbocycles. The Hall–Kier alpha value is -8.45. The van der Waals surface area contributed by atoms with Gasteiger partial charge in [-0.1, -0.05) is 181 Å². The maximum atomic E-state index is 16.3. The number of nitrogens with zero attached hydrogens (tertiary/aromatic N) is 4. The minimum absolute atomic E-state index is 0. The molecule has 0 unspecified atom stereocenters. The third-order valence-corrected chi connectivity index (χ3v) is 13.7. The molecule has 0 saturated heterocycles. The van der Waals surface area contributed by atoms with Gasteiger partial charge in [-0.15, -0.1) is 24.3 Å². The summed E-state index contributed by atoms with van der Waals surface area (Å²) in [5.41, 5.74) is 4.77. The second-order valence-corrected chi connectivity index (χ2v) is 18.6. The molecule has 0 atom stereocenters. The van der Waals surface area contributed by atoms with Crippen LogP contribution in [0.15, 0.2) is 218 Å². The van der Waals surface area contributed by atoms with E-state index in [-0.39, 0.29) is 43.6 Å². The van der Waals surface area contributed by atoms with Gasteiger partial charge < -0.3 is 19.8 Å². The van der Waals surface area contributed by atoms with Crippen molar-refractivity contribution in [3.8, 4) is 22.5 Å². The van der Waals surface area contributed by atoms with E-state index in [1.54, 1.807) is 12.1 Å². The molecule has 0 aliphatic rings. The van der Waals surface area contributed by atoms with Gasteiger partial charge in [0, 0.05) is 73.0 Å². The van der Waals surface area contributed by atoms with E-state index in [0.717, 1.165) is 90.1 Å². The normalized spacial score (nSPS) is 11.5. The first-order valence-electron chi connectivity index (χ1n) is 23.9. The van der Waals surface area contributed by atoms with E-state index in [0.29, 0.717) is 22.8 Å². The number of fused-ring (bicyclic) bond motifs is 4. The average molecular weight is 1150 g/mol. The fraction of sp³-hybridized carbons (Fsp3) is 0.0462. The van der Waals surface area contributed by atoms with Gasteiger partial charge in [-0.25, -0.2) is 0 Å². The molecule has 0 N–H and O–H groups in total. The second-order valence-electron chi connectivity index (χ2n) is 18.6. The maximum Gasteiger partial charge on any atom is 2.00 e. The number of anilines is 6. The Bertz CT molecular complexity index is 3680. The summed E-state index contributed by atoms with van der Waals surface area (Å²) in [7, 11) is 0. The van der Waals surface area contributed by atoms with Crippen LogP contribution in [-0.4, -0.2) is 9.97 Å². The van der Waals surface area contributed by atoms with Crippen molar-refractivity contribution < 1.29 is 38.6 Å². The quantitative estimate of drug-likeness (QED) is 0.101. The van der Waals surface area contributed by atoms with Gasteiger partial charge in [-0.05, 0) is 83.2 Å². The van der Waals surface area contributed by atoms with E-state index in [9.17, 15) is 8.78 Å². The SMILES string of the molecule is CC(C)(c1cc(N(c2cccc3ccccc23)c2cccc3ccccc23)cc(-c2[c-]cc(F)cc2F)n1)c1cc(N(c2cccc3ccccc23)c2cccc3ccccc23)cc(-c2[c-]cc(F)cc2F)n1.[Pt+2]. The molecule has 360 valence electrons. The summed E-state index contributed by atoms with van der Waals surface area (Å²) in [6, 6.07) is 74.2. The van der Waals surface area contributed by atoms with E-state index < -0.39 is 28.7 Å². The third kappa shape index (κ3) is 8.65. The number of benzene rings is 10. The van der Waals surface area contributed by atoms with Crippen LogP contribution in [0.2, 0.25) is 0 Å². The standard InChI is InChI=1S/C65H42F4N4.Pt/c1-65(2,63-39-47(37-57(70-63)53-33-31-45(66)35-55(53)68)72(59-27-11-19-41-15-3-7-23-49(41)59)60-28-12-20-42-16-4-8-24-50(42)60)64-40-48(38-58(71-64)54-34-32-46(67)36-56(54)69)73(61-29-13-21-43-17-5-9-25-51(43)61)62-30-14-22-44-18-6-10-26-52(44)62;/h3-32,35-40H,1-2H3;/q-2;+2. The molecular formula is C65H42F4N4Pt. The molecule has 0 bridgehead atoms. The number of halogens is 4. The van der Waals surface area contributed by atoms with E-state index >= 15 is 8.78 Å². The van der Waals surface area contributed by atoms with Gasteiger partial charge >= 0.3 is 21.1 Å².